The molecule has 0 saturated heterocycles. The summed E-state index contributed by atoms with van der Waals surface area (Å²) in [5.41, 5.74) is -0.130. The average Bonchev–Trinajstić information content (AvgIpc) is 2.38. The van der Waals surface area contributed by atoms with Gasteiger partial charge in [0.2, 0.25) is 0 Å². The summed E-state index contributed by atoms with van der Waals surface area (Å²) < 4.78 is 13.3. The maximum absolute atomic E-state index is 13.3. The zero-order valence-corrected chi connectivity index (χ0v) is 11.3. The third kappa shape index (κ3) is 3.55. The van der Waals surface area contributed by atoms with E-state index in [2.05, 4.69) is 6.07 Å². The Bertz CT molecular complexity index is 530. The minimum atomic E-state index is -0.832. The van der Waals surface area contributed by atoms with Gasteiger partial charge in [0.25, 0.3) is 5.69 Å². The van der Waals surface area contributed by atoms with Gasteiger partial charge in [0.15, 0.2) is 0 Å². The number of benzene rings is 1. The molecule has 1 aromatic carbocycles. The van der Waals surface area contributed by atoms with Crippen molar-refractivity contribution in [2.75, 3.05) is 18.0 Å². The Hall–Kier alpha value is -1.87. The second-order valence-corrected chi connectivity index (χ2v) is 4.49. The van der Waals surface area contributed by atoms with Crippen LogP contribution in [0.15, 0.2) is 12.1 Å². The molecule has 1 aromatic rings. The number of hydrogen-bond acceptors (Lipinski definition) is 4. The Labute approximate surface area is 115 Å². The molecule has 0 heterocycles. The van der Waals surface area contributed by atoms with Crippen molar-refractivity contribution in [3.8, 4) is 6.07 Å². The lowest BCUT2D eigenvalue weighted by Crippen LogP contribution is -2.28. The van der Waals surface area contributed by atoms with Crippen LogP contribution in [0.2, 0.25) is 5.02 Å². The van der Waals surface area contributed by atoms with Crippen LogP contribution in [-0.4, -0.2) is 18.0 Å². The van der Waals surface area contributed by atoms with Crippen molar-refractivity contribution in [3.05, 3.63) is 33.1 Å². The molecule has 0 aromatic heterocycles. The van der Waals surface area contributed by atoms with Crippen LogP contribution in [0, 0.1) is 33.2 Å². The van der Waals surface area contributed by atoms with E-state index in [-0.39, 0.29) is 22.3 Å². The van der Waals surface area contributed by atoms with E-state index < -0.39 is 10.7 Å². The van der Waals surface area contributed by atoms with Crippen molar-refractivity contribution >= 4 is 23.0 Å². The molecule has 19 heavy (non-hydrogen) atoms. The number of anilines is 1. The smallest absolute Gasteiger partial charge is 0.295 e. The van der Waals surface area contributed by atoms with E-state index in [9.17, 15) is 14.5 Å². The molecule has 1 unspecified atom stereocenters. The van der Waals surface area contributed by atoms with Crippen LogP contribution < -0.4 is 4.90 Å². The summed E-state index contributed by atoms with van der Waals surface area (Å²) in [7, 11) is 0. The number of nitro benzene ring substituents is 1. The van der Waals surface area contributed by atoms with Crippen molar-refractivity contribution in [2.24, 2.45) is 5.92 Å². The van der Waals surface area contributed by atoms with E-state index >= 15 is 0 Å². The summed E-state index contributed by atoms with van der Waals surface area (Å²) in [6, 6.07) is 4.08. The van der Waals surface area contributed by atoms with Gasteiger partial charge in [0.1, 0.15) is 11.5 Å². The standard InChI is InChI=1S/C12H13ClFN3O2/c1-3-16(7-8(2)6-15)11-4-9(13)10(14)5-12(11)17(18)19/h4-5,8H,3,7H2,1-2H3. The maximum atomic E-state index is 13.3. The lowest BCUT2D eigenvalue weighted by Gasteiger charge is -2.24. The molecule has 0 fully saturated rings. The van der Waals surface area contributed by atoms with Crippen molar-refractivity contribution < 1.29 is 9.31 Å². The number of hydrogen-bond donors (Lipinski definition) is 0. The molecule has 0 bridgehead atoms. The summed E-state index contributed by atoms with van der Waals surface area (Å²) in [5.74, 6) is -1.13. The summed E-state index contributed by atoms with van der Waals surface area (Å²) in [4.78, 5) is 11.9. The number of nitriles is 1. The number of nitrogens with zero attached hydrogens (tertiary/aromatic N) is 3. The van der Waals surface area contributed by atoms with E-state index in [1.165, 1.54) is 6.07 Å². The maximum Gasteiger partial charge on any atom is 0.295 e. The Morgan fingerprint density at radius 2 is 2.26 bits per heavy atom. The number of rotatable bonds is 5. The normalized spacial score (nSPS) is 11.7. The first-order chi connectivity index (χ1) is 8.90. The van der Waals surface area contributed by atoms with Gasteiger partial charge in [0.05, 0.1) is 28.0 Å². The highest BCUT2D eigenvalue weighted by Gasteiger charge is 2.22. The fraction of sp³-hybridized carbons (Fsp3) is 0.417. The van der Waals surface area contributed by atoms with Gasteiger partial charge in [-0.05, 0) is 19.9 Å². The first kappa shape index (κ1) is 15.2. The van der Waals surface area contributed by atoms with E-state index in [0.29, 0.717) is 13.1 Å². The van der Waals surface area contributed by atoms with Crippen LogP contribution in [0.5, 0.6) is 0 Å². The quantitative estimate of drug-likeness (QED) is 0.614. The minimum Gasteiger partial charge on any atom is -0.365 e. The molecule has 0 amide bonds. The highest BCUT2D eigenvalue weighted by Crippen LogP contribution is 2.33. The van der Waals surface area contributed by atoms with Crippen LogP contribution >= 0.6 is 11.6 Å². The summed E-state index contributed by atoms with van der Waals surface area (Å²) in [5, 5.41) is 19.6. The lowest BCUT2D eigenvalue weighted by molar-refractivity contribution is -0.384. The fourth-order valence-corrected chi connectivity index (χ4v) is 1.85. The Balaban J connectivity index is 3.26. The third-order valence-corrected chi connectivity index (χ3v) is 2.94. The van der Waals surface area contributed by atoms with Crippen LogP contribution in [0.1, 0.15) is 13.8 Å². The monoisotopic (exact) mass is 285 g/mol. The van der Waals surface area contributed by atoms with Crippen molar-refractivity contribution in [1.29, 1.82) is 5.26 Å². The Kier molecular flexibility index (Phi) is 5.07. The molecule has 1 atom stereocenters. The van der Waals surface area contributed by atoms with Gasteiger partial charge in [-0.3, -0.25) is 10.1 Å². The molecule has 102 valence electrons. The van der Waals surface area contributed by atoms with Gasteiger partial charge in [0, 0.05) is 13.1 Å². The minimum absolute atomic E-state index is 0.177. The summed E-state index contributed by atoms with van der Waals surface area (Å²) >= 11 is 5.67. The van der Waals surface area contributed by atoms with Gasteiger partial charge in [-0.2, -0.15) is 5.26 Å². The number of nitro groups is 1. The molecule has 0 spiro atoms. The summed E-state index contributed by atoms with van der Waals surface area (Å²) in [6.07, 6.45) is 0. The highest BCUT2D eigenvalue weighted by atomic mass is 35.5. The zero-order valence-electron chi connectivity index (χ0n) is 10.6. The van der Waals surface area contributed by atoms with Gasteiger partial charge >= 0.3 is 0 Å². The van der Waals surface area contributed by atoms with E-state index in [0.717, 1.165) is 6.07 Å². The largest absolute Gasteiger partial charge is 0.365 e. The predicted octanol–water partition coefficient (Wildman–Crippen LogP) is 3.37. The van der Waals surface area contributed by atoms with Crippen molar-refractivity contribution in [2.45, 2.75) is 13.8 Å². The molecule has 7 heteroatoms. The molecule has 0 aliphatic heterocycles. The van der Waals surface area contributed by atoms with Crippen LogP contribution in [0.3, 0.4) is 0 Å². The van der Waals surface area contributed by atoms with E-state index in [1.54, 1.807) is 18.7 Å². The predicted molar refractivity (Wildman–Crippen MR) is 70.7 cm³/mol. The third-order valence-electron chi connectivity index (χ3n) is 2.65. The van der Waals surface area contributed by atoms with Crippen molar-refractivity contribution in [3.63, 3.8) is 0 Å². The molecule has 5 nitrogen and oxygen atoms in total. The molecule has 0 N–H and O–H groups in total. The topological polar surface area (TPSA) is 70.2 Å². The second-order valence-electron chi connectivity index (χ2n) is 4.08. The second kappa shape index (κ2) is 6.34. The van der Waals surface area contributed by atoms with Crippen molar-refractivity contribution in [1.82, 2.24) is 0 Å². The van der Waals surface area contributed by atoms with Crippen LogP contribution in [0.4, 0.5) is 15.8 Å². The molecule has 0 aliphatic rings. The molecule has 0 radical (unpaired) electrons. The van der Waals surface area contributed by atoms with E-state index in [1.807, 2.05) is 0 Å². The number of halogens is 2. The molecule has 0 aliphatic carbocycles. The molecule has 1 rings (SSSR count). The Morgan fingerprint density at radius 3 is 2.74 bits per heavy atom. The first-order valence-corrected chi connectivity index (χ1v) is 6.06. The first-order valence-electron chi connectivity index (χ1n) is 5.68. The molecular formula is C12H13ClFN3O2. The lowest BCUT2D eigenvalue weighted by atomic mass is 10.1. The van der Waals surface area contributed by atoms with Gasteiger partial charge in [-0.15, -0.1) is 0 Å². The Morgan fingerprint density at radius 1 is 1.63 bits per heavy atom. The van der Waals surface area contributed by atoms with Gasteiger partial charge in [-0.25, -0.2) is 4.39 Å². The molecular weight excluding hydrogens is 273 g/mol. The zero-order chi connectivity index (χ0) is 14.6. The van der Waals surface area contributed by atoms with Crippen LogP contribution in [-0.2, 0) is 0 Å². The highest BCUT2D eigenvalue weighted by molar-refractivity contribution is 6.31. The van der Waals surface area contributed by atoms with Crippen LogP contribution in [0.25, 0.3) is 0 Å². The average molecular weight is 286 g/mol. The fourth-order valence-electron chi connectivity index (χ4n) is 1.69. The van der Waals surface area contributed by atoms with E-state index in [4.69, 9.17) is 16.9 Å². The SMILES string of the molecule is CCN(CC(C)C#N)c1cc(Cl)c(F)cc1[N+](=O)[O-]. The van der Waals surface area contributed by atoms with Gasteiger partial charge < -0.3 is 4.90 Å². The van der Waals surface area contributed by atoms with Gasteiger partial charge in [-0.1, -0.05) is 11.6 Å². The molecule has 0 saturated carbocycles. The summed E-state index contributed by atoms with van der Waals surface area (Å²) in [6.45, 7) is 4.27.